The van der Waals surface area contributed by atoms with Gasteiger partial charge >= 0.3 is 0 Å². The first-order valence-electron chi connectivity index (χ1n) is 9.32. The monoisotopic (exact) mass is 339 g/mol. The molecule has 2 aliphatic rings. The van der Waals surface area contributed by atoms with Crippen molar-refractivity contribution in [2.24, 2.45) is 0 Å². The van der Waals surface area contributed by atoms with Gasteiger partial charge in [0.2, 0.25) is 0 Å². The molecule has 2 fully saturated rings. The van der Waals surface area contributed by atoms with Gasteiger partial charge in [-0.05, 0) is 50.8 Å². The van der Waals surface area contributed by atoms with Gasteiger partial charge in [0.15, 0.2) is 0 Å². The fourth-order valence-corrected chi connectivity index (χ4v) is 3.52. The summed E-state index contributed by atoms with van der Waals surface area (Å²) in [6, 6.07) is 11.9. The van der Waals surface area contributed by atoms with Crippen LogP contribution < -0.4 is 0 Å². The quantitative estimate of drug-likeness (QED) is 0.839. The number of ether oxygens (including phenoxy) is 1. The second kappa shape index (κ2) is 7.00. The van der Waals surface area contributed by atoms with Crippen LogP contribution in [0.5, 0.6) is 0 Å². The minimum absolute atomic E-state index is 0.0817. The fraction of sp³-hybridized carbons (Fsp3) is 0.500. The van der Waals surface area contributed by atoms with Crippen LogP contribution in [0.4, 0.5) is 0 Å². The average Bonchev–Trinajstić information content (AvgIpc) is 3.41. The second-order valence-corrected chi connectivity index (χ2v) is 6.92. The lowest BCUT2D eigenvalue weighted by molar-refractivity contribution is 0.0143. The van der Waals surface area contributed by atoms with E-state index in [0.29, 0.717) is 11.6 Å². The van der Waals surface area contributed by atoms with E-state index in [9.17, 15) is 4.79 Å². The molecule has 1 amide bonds. The van der Waals surface area contributed by atoms with Gasteiger partial charge in [-0.2, -0.15) is 5.10 Å². The molecule has 2 heterocycles. The van der Waals surface area contributed by atoms with Gasteiger partial charge in [-0.15, -0.1) is 0 Å². The highest BCUT2D eigenvalue weighted by molar-refractivity contribution is 5.93. The van der Waals surface area contributed by atoms with E-state index in [1.54, 1.807) is 0 Å². The lowest BCUT2D eigenvalue weighted by atomic mass is 10.1. The Bertz CT molecular complexity index is 729. The fourth-order valence-electron chi connectivity index (χ4n) is 3.52. The van der Waals surface area contributed by atoms with Gasteiger partial charge in [0.05, 0.1) is 17.5 Å². The van der Waals surface area contributed by atoms with Gasteiger partial charge in [0, 0.05) is 25.6 Å². The van der Waals surface area contributed by atoms with Crippen molar-refractivity contribution in [1.82, 2.24) is 14.7 Å². The Morgan fingerprint density at radius 1 is 1.16 bits per heavy atom. The van der Waals surface area contributed by atoms with E-state index in [4.69, 9.17) is 9.84 Å². The van der Waals surface area contributed by atoms with Crippen LogP contribution in [0.2, 0.25) is 0 Å². The zero-order chi connectivity index (χ0) is 17.2. The number of rotatable bonds is 5. The van der Waals surface area contributed by atoms with Crippen molar-refractivity contribution in [2.75, 3.05) is 19.7 Å². The molecule has 1 aromatic heterocycles. The third-order valence-corrected chi connectivity index (χ3v) is 5.08. The maximum Gasteiger partial charge on any atom is 0.272 e. The molecule has 1 aliphatic heterocycles. The first-order valence-corrected chi connectivity index (χ1v) is 9.32. The number of hydrogen-bond donors (Lipinski definition) is 0. The number of benzene rings is 1. The van der Waals surface area contributed by atoms with E-state index in [1.165, 1.54) is 12.8 Å². The number of nitrogens with zero attached hydrogens (tertiary/aromatic N) is 3. The largest absolute Gasteiger partial charge is 0.378 e. The van der Waals surface area contributed by atoms with Crippen LogP contribution in [0.1, 0.15) is 54.7 Å². The van der Waals surface area contributed by atoms with Crippen LogP contribution in [0.25, 0.3) is 5.69 Å². The molecule has 1 aromatic carbocycles. The highest BCUT2D eigenvalue weighted by atomic mass is 16.5. The average molecular weight is 339 g/mol. The van der Waals surface area contributed by atoms with Crippen LogP contribution in [0.3, 0.4) is 0 Å². The van der Waals surface area contributed by atoms with Crippen LogP contribution >= 0.6 is 0 Å². The number of amides is 1. The summed E-state index contributed by atoms with van der Waals surface area (Å²) in [7, 11) is 0. The summed E-state index contributed by atoms with van der Waals surface area (Å²) < 4.78 is 7.52. The van der Waals surface area contributed by atoms with E-state index in [2.05, 4.69) is 0 Å². The Hall–Kier alpha value is -2.14. The van der Waals surface area contributed by atoms with Crippen LogP contribution in [0, 0.1) is 0 Å². The second-order valence-electron chi connectivity index (χ2n) is 6.92. The van der Waals surface area contributed by atoms with E-state index in [0.717, 1.165) is 43.9 Å². The molecule has 0 N–H and O–H groups in total. The van der Waals surface area contributed by atoms with E-state index < -0.39 is 0 Å². The first kappa shape index (κ1) is 16.3. The maximum atomic E-state index is 13.1. The highest BCUT2D eigenvalue weighted by Gasteiger charge is 2.31. The molecule has 2 aromatic rings. The smallest absolute Gasteiger partial charge is 0.272 e. The Kier molecular flexibility index (Phi) is 4.57. The number of piperidine rings is 1. The van der Waals surface area contributed by atoms with Crippen molar-refractivity contribution in [2.45, 2.75) is 44.6 Å². The van der Waals surface area contributed by atoms with Crippen LogP contribution in [-0.2, 0) is 4.74 Å². The molecule has 0 spiro atoms. The minimum Gasteiger partial charge on any atom is -0.378 e. The predicted octanol–water partition coefficient (Wildman–Crippen LogP) is 3.39. The SMILES string of the molecule is CCOC1CCN(C(=O)c2cc(C3CC3)nn2-c2ccccc2)CC1. The van der Waals surface area contributed by atoms with Gasteiger partial charge in [0.1, 0.15) is 5.69 Å². The van der Waals surface area contributed by atoms with Gasteiger partial charge in [0.25, 0.3) is 5.91 Å². The highest BCUT2D eigenvalue weighted by Crippen LogP contribution is 2.40. The van der Waals surface area contributed by atoms with E-state index in [1.807, 2.05) is 52.9 Å². The van der Waals surface area contributed by atoms with Gasteiger partial charge < -0.3 is 9.64 Å². The van der Waals surface area contributed by atoms with Crippen LogP contribution in [0.15, 0.2) is 36.4 Å². The van der Waals surface area contributed by atoms with Crippen molar-refractivity contribution in [3.63, 3.8) is 0 Å². The first-order chi connectivity index (χ1) is 12.3. The Labute approximate surface area is 148 Å². The topological polar surface area (TPSA) is 47.4 Å². The molecule has 0 bridgehead atoms. The number of hydrogen-bond acceptors (Lipinski definition) is 3. The van der Waals surface area contributed by atoms with Gasteiger partial charge in [-0.1, -0.05) is 18.2 Å². The lowest BCUT2D eigenvalue weighted by Crippen LogP contribution is -2.41. The molecule has 132 valence electrons. The Morgan fingerprint density at radius 3 is 2.52 bits per heavy atom. The zero-order valence-electron chi connectivity index (χ0n) is 14.7. The number of carbonyl (C=O) groups excluding carboxylic acids is 1. The van der Waals surface area contributed by atoms with Crippen molar-refractivity contribution in [3.8, 4) is 5.69 Å². The molecule has 5 heteroatoms. The molecule has 1 saturated heterocycles. The Balaban J connectivity index is 1.58. The molecule has 25 heavy (non-hydrogen) atoms. The number of likely N-dealkylation sites (tertiary alicyclic amines) is 1. The molecule has 0 atom stereocenters. The molecular weight excluding hydrogens is 314 g/mol. The minimum atomic E-state index is 0.0817. The molecule has 0 unspecified atom stereocenters. The third-order valence-electron chi connectivity index (χ3n) is 5.08. The summed E-state index contributed by atoms with van der Waals surface area (Å²) in [5, 5.41) is 4.75. The normalized spacial score (nSPS) is 18.5. The molecule has 0 radical (unpaired) electrons. The molecule has 1 aliphatic carbocycles. The number of aromatic nitrogens is 2. The Morgan fingerprint density at radius 2 is 1.88 bits per heavy atom. The summed E-state index contributed by atoms with van der Waals surface area (Å²) in [4.78, 5) is 15.1. The van der Waals surface area contributed by atoms with Gasteiger partial charge in [-0.25, -0.2) is 4.68 Å². The summed E-state index contributed by atoms with van der Waals surface area (Å²) in [6.07, 6.45) is 4.47. The lowest BCUT2D eigenvalue weighted by Gasteiger charge is -2.31. The van der Waals surface area contributed by atoms with E-state index in [-0.39, 0.29) is 12.0 Å². The predicted molar refractivity (Wildman–Crippen MR) is 96.1 cm³/mol. The summed E-state index contributed by atoms with van der Waals surface area (Å²) in [6.45, 7) is 4.27. The molecular formula is C20H25N3O2. The summed E-state index contributed by atoms with van der Waals surface area (Å²) >= 11 is 0. The van der Waals surface area contributed by atoms with Crippen molar-refractivity contribution in [1.29, 1.82) is 0 Å². The standard InChI is InChI=1S/C20H25N3O2/c1-2-25-17-10-12-22(13-11-17)20(24)19-14-18(15-8-9-15)21-23(19)16-6-4-3-5-7-16/h3-7,14-15,17H,2,8-13H2,1H3. The van der Waals surface area contributed by atoms with Crippen molar-refractivity contribution in [3.05, 3.63) is 47.8 Å². The maximum absolute atomic E-state index is 13.1. The van der Waals surface area contributed by atoms with Crippen molar-refractivity contribution >= 4 is 5.91 Å². The number of para-hydroxylation sites is 1. The molecule has 5 nitrogen and oxygen atoms in total. The summed E-state index contributed by atoms with van der Waals surface area (Å²) in [5.41, 5.74) is 2.68. The molecule has 4 rings (SSSR count). The zero-order valence-corrected chi connectivity index (χ0v) is 14.7. The van der Waals surface area contributed by atoms with E-state index >= 15 is 0 Å². The van der Waals surface area contributed by atoms with Crippen LogP contribution in [-0.4, -0.2) is 46.4 Å². The number of carbonyl (C=O) groups is 1. The van der Waals surface area contributed by atoms with Crippen molar-refractivity contribution < 1.29 is 9.53 Å². The van der Waals surface area contributed by atoms with Gasteiger partial charge in [-0.3, -0.25) is 4.79 Å². The third kappa shape index (κ3) is 3.47. The molecule has 1 saturated carbocycles. The summed E-state index contributed by atoms with van der Waals surface area (Å²) in [5.74, 6) is 0.610.